The second-order valence-electron chi connectivity index (χ2n) is 9.51. The summed E-state index contributed by atoms with van der Waals surface area (Å²) in [4.78, 5) is 28.0. The van der Waals surface area contributed by atoms with Gasteiger partial charge in [-0.15, -0.1) is 0 Å². The average Bonchev–Trinajstić information content (AvgIpc) is 2.85. The fraction of sp³-hybridized carbons (Fsp3) is 0.407. The van der Waals surface area contributed by atoms with Gasteiger partial charge in [0.2, 0.25) is 0 Å². The van der Waals surface area contributed by atoms with Gasteiger partial charge in [0.25, 0.3) is 0 Å². The molecule has 3 atom stereocenters. The Balaban J connectivity index is 1.78. The number of likely N-dealkylation sites (tertiary alicyclic amines) is 1. The molecule has 0 bridgehead atoms. The van der Waals surface area contributed by atoms with Crippen LogP contribution in [-0.4, -0.2) is 59.9 Å². The highest BCUT2D eigenvalue weighted by Crippen LogP contribution is 2.43. The summed E-state index contributed by atoms with van der Waals surface area (Å²) < 4.78 is 12.0. The lowest BCUT2D eigenvalue weighted by Gasteiger charge is -2.37. The van der Waals surface area contributed by atoms with E-state index in [-0.39, 0.29) is 22.5 Å². The molecule has 198 valence electrons. The maximum atomic E-state index is 13.1. The first-order valence-electron chi connectivity index (χ1n) is 12.3. The van der Waals surface area contributed by atoms with E-state index in [1.54, 1.807) is 24.3 Å². The van der Waals surface area contributed by atoms with Crippen molar-refractivity contribution in [3.63, 3.8) is 0 Å². The first kappa shape index (κ1) is 26.9. The largest absolute Gasteiger partial charge is 0.507 e. The molecule has 0 radical (unpaired) electrons. The van der Waals surface area contributed by atoms with Crippen molar-refractivity contribution < 1.29 is 24.2 Å². The molecule has 0 unspecified atom stereocenters. The molecule has 3 aromatic rings. The van der Waals surface area contributed by atoms with Gasteiger partial charge in [-0.2, -0.15) is 0 Å². The molecule has 0 amide bonds. The Labute approximate surface area is 219 Å². The van der Waals surface area contributed by atoms with Crippen molar-refractivity contribution in [2.75, 3.05) is 26.7 Å². The van der Waals surface area contributed by atoms with Gasteiger partial charge in [0.1, 0.15) is 40.4 Å². The second-order valence-corrected chi connectivity index (χ2v) is 9.92. The van der Waals surface area contributed by atoms with Gasteiger partial charge >= 0.3 is 5.97 Å². The number of nitrogens with two attached hydrogens (primary N) is 2. The molecule has 0 spiro atoms. The van der Waals surface area contributed by atoms with Crippen molar-refractivity contribution in [3.05, 3.63) is 57.2 Å². The summed E-state index contributed by atoms with van der Waals surface area (Å²) in [6.07, 6.45) is 1.76. The zero-order valence-corrected chi connectivity index (χ0v) is 21.4. The molecule has 2 aromatic carbocycles. The summed E-state index contributed by atoms with van der Waals surface area (Å²) in [5.74, 6) is -1.52. The quantitative estimate of drug-likeness (QED) is 0.254. The standard InChI is InChI=1S/C27H32ClN3O6/c1-31-11-9-16(23(14-31)37-27(35)18(30)8-4-5-10-29)24-19(32)12-20(33)25-21(34)13-22(36-26(24)25)15-6-2-3-7-17(15)28/h2-3,6-7,12-13,16,18,23,32-33H,4-5,8-11,14,29-30H2,1H3/t16-,18-,23+/m0/s1. The molecule has 1 saturated heterocycles. The number of likely N-dealkylation sites (N-methyl/N-ethyl adjacent to an activating group) is 1. The molecule has 9 nitrogen and oxygen atoms in total. The van der Waals surface area contributed by atoms with E-state index in [1.807, 2.05) is 11.9 Å². The lowest BCUT2D eigenvalue weighted by Crippen LogP contribution is -2.45. The van der Waals surface area contributed by atoms with Crippen LogP contribution < -0.4 is 16.9 Å². The minimum absolute atomic E-state index is 0.0303. The summed E-state index contributed by atoms with van der Waals surface area (Å²) in [6.45, 7) is 1.56. The third kappa shape index (κ3) is 5.75. The van der Waals surface area contributed by atoms with E-state index in [0.29, 0.717) is 55.0 Å². The minimum atomic E-state index is -0.797. The number of halogens is 1. The van der Waals surface area contributed by atoms with Crippen LogP contribution in [0.4, 0.5) is 0 Å². The molecule has 10 heteroatoms. The number of phenols is 2. The number of hydrogen-bond donors (Lipinski definition) is 4. The number of benzene rings is 2. The third-order valence-electron chi connectivity index (χ3n) is 6.81. The smallest absolute Gasteiger partial charge is 0.323 e. The lowest BCUT2D eigenvalue weighted by molar-refractivity contribution is -0.154. The number of unbranched alkanes of at least 4 members (excludes halogenated alkanes) is 1. The molecule has 37 heavy (non-hydrogen) atoms. The number of hydrogen-bond acceptors (Lipinski definition) is 9. The van der Waals surface area contributed by atoms with Gasteiger partial charge in [-0.25, -0.2) is 0 Å². The van der Waals surface area contributed by atoms with Gasteiger partial charge in [-0.05, 0) is 51.5 Å². The Kier molecular flexibility index (Phi) is 8.39. The number of aromatic hydroxyl groups is 2. The third-order valence-corrected chi connectivity index (χ3v) is 7.14. The van der Waals surface area contributed by atoms with E-state index in [4.69, 9.17) is 32.2 Å². The summed E-state index contributed by atoms with van der Waals surface area (Å²) in [6, 6.07) is 8.48. The molecule has 6 N–H and O–H groups in total. The van der Waals surface area contributed by atoms with Gasteiger partial charge in [-0.3, -0.25) is 9.59 Å². The van der Waals surface area contributed by atoms with E-state index >= 15 is 0 Å². The van der Waals surface area contributed by atoms with Crippen LogP contribution in [0.15, 0.2) is 45.6 Å². The summed E-state index contributed by atoms with van der Waals surface area (Å²) >= 11 is 6.34. The van der Waals surface area contributed by atoms with E-state index in [0.717, 1.165) is 12.5 Å². The van der Waals surface area contributed by atoms with Crippen molar-refractivity contribution in [3.8, 4) is 22.8 Å². The highest BCUT2D eigenvalue weighted by molar-refractivity contribution is 6.33. The highest BCUT2D eigenvalue weighted by Gasteiger charge is 2.37. The molecule has 1 aliphatic heterocycles. The summed E-state index contributed by atoms with van der Waals surface area (Å²) in [5.41, 5.74) is 11.9. The van der Waals surface area contributed by atoms with E-state index < -0.39 is 35.2 Å². The van der Waals surface area contributed by atoms with Gasteiger partial charge < -0.3 is 35.7 Å². The predicted molar refractivity (Wildman–Crippen MR) is 142 cm³/mol. The Morgan fingerprint density at radius 2 is 2.00 bits per heavy atom. The highest BCUT2D eigenvalue weighted by atomic mass is 35.5. The minimum Gasteiger partial charge on any atom is -0.507 e. The van der Waals surface area contributed by atoms with Crippen LogP contribution >= 0.6 is 11.6 Å². The van der Waals surface area contributed by atoms with Crippen LogP contribution in [0.3, 0.4) is 0 Å². The predicted octanol–water partition coefficient (Wildman–Crippen LogP) is 3.31. The topological polar surface area (TPSA) is 152 Å². The number of carbonyl (C=O) groups excluding carboxylic acids is 1. The number of esters is 1. The first-order valence-corrected chi connectivity index (χ1v) is 12.7. The number of piperidine rings is 1. The van der Waals surface area contributed by atoms with Gasteiger partial charge in [0.15, 0.2) is 5.43 Å². The van der Waals surface area contributed by atoms with Crippen LogP contribution in [-0.2, 0) is 9.53 Å². The summed E-state index contributed by atoms with van der Waals surface area (Å²) in [5, 5.41) is 21.8. The zero-order chi connectivity index (χ0) is 26.7. The maximum absolute atomic E-state index is 13.1. The SMILES string of the molecule is CN1CC[C@H](c2c(O)cc(O)c3c(=O)cc(-c4ccccc4Cl)oc23)[C@H](OC(=O)[C@@H](N)CCCCN)C1. The monoisotopic (exact) mass is 529 g/mol. The van der Waals surface area contributed by atoms with Crippen molar-refractivity contribution >= 4 is 28.5 Å². The van der Waals surface area contributed by atoms with Gasteiger partial charge in [0.05, 0.1) is 5.02 Å². The number of nitrogens with zero attached hydrogens (tertiary/aromatic N) is 1. The molecule has 1 aliphatic rings. The molecular weight excluding hydrogens is 498 g/mol. The van der Waals surface area contributed by atoms with Crippen molar-refractivity contribution in [1.82, 2.24) is 4.90 Å². The number of ether oxygens (including phenoxy) is 1. The zero-order valence-electron chi connectivity index (χ0n) is 20.7. The molecule has 2 heterocycles. The Bertz CT molecular complexity index is 1340. The average molecular weight is 530 g/mol. The fourth-order valence-electron chi connectivity index (χ4n) is 4.86. The van der Waals surface area contributed by atoms with Crippen LogP contribution in [0.2, 0.25) is 5.02 Å². The second kappa shape index (κ2) is 11.5. The van der Waals surface area contributed by atoms with Crippen molar-refractivity contribution in [1.29, 1.82) is 0 Å². The van der Waals surface area contributed by atoms with Gasteiger partial charge in [-0.1, -0.05) is 30.2 Å². The molecule has 0 aliphatic carbocycles. The molecule has 4 rings (SSSR count). The molecule has 1 aromatic heterocycles. The van der Waals surface area contributed by atoms with E-state index in [9.17, 15) is 19.8 Å². The Hall–Kier alpha value is -3.11. The Morgan fingerprint density at radius 1 is 1.24 bits per heavy atom. The summed E-state index contributed by atoms with van der Waals surface area (Å²) in [7, 11) is 1.91. The normalized spacial score (nSPS) is 19.1. The number of fused-ring (bicyclic) bond motifs is 1. The Morgan fingerprint density at radius 3 is 2.73 bits per heavy atom. The molecule has 0 saturated carbocycles. The van der Waals surface area contributed by atoms with Crippen LogP contribution in [0.5, 0.6) is 11.5 Å². The van der Waals surface area contributed by atoms with Gasteiger partial charge in [0, 0.05) is 35.7 Å². The first-order chi connectivity index (χ1) is 17.7. The number of rotatable bonds is 8. The van der Waals surface area contributed by atoms with Crippen molar-refractivity contribution in [2.24, 2.45) is 11.5 Å². The van der Waals surface area contributed by atoms with Crippen LogP contribution in [0.1, 0.15) is 37.2 Å². The molecule has 1 fully saturated rings. The molecular formula is C27H32ClN3O6. The number of phenolic OH excluding ortho intramolecular Hbond substituents is 2. The maximum Gasteiger partial charge on any atom is 0.323 e. The fourth-order valence-corrected chi connectivity index (χ4v) is 5.09. The van der Waals surface area contributed by atoms with E-state index in [2.05, 4.69) is 0 Å². The number of carbonyl (C=O) groups is 1. The van der Waals surface area contributed by atoms with Crippen molar-refractivity contribution in [2.45, 2.75) is 43.7 Å². The van der Waals surface area contributed by atoms with Crippen LogP contribution in [0.25, 0.3) is 22.3 Å². The van der Waals surface area contributed by atoms with E-state index in [1.165, 1.54) is 6.07 Å². The lowest BCUT2D eigenvalue weighted by atomic mass is 9.85. The van der Waals surface area contributed by atoms with Crippen LogP contribution in [0, 0.1) is 0 Å².